The van der Waals surface area contributed by atoms with E-state index in [1.54, 1.807) is 24.3 Å². The van der Waals surface area contributed by atoms with Crippen LogP contribution in [0.2, 0.25) is 0 Å². The lowest BCUT2D eigenvalue weighted by atomic mass is 10.1. The second-order valence-electron chi connectivity index (χ2n) is 5.51. The minimum Gasteiger partial charge on any atom is -0.267 e. The Morgan fingerprint density at radius 3 is 1.82 bits per heavy atom. The van der Waals surface area contributed by atoms with Gasteiger partial charge in [-0.2, -0.15) is 0 Å². The zero-order valence-corrected chi connectivity index (χ0v) is 12.3. The number of para-hydroxylation sites is 1. The molecule has 2 aromatic carbocycles. The number of fused-ring (bicyclic) bond motifs is 4. The molecule has 4 aromatic rings. The van der Waals surface area contributed by atoms with Gasteiger partial charge < -0.3 is 0 Å². The number of aromatic nitrogens is 2. The molecule has 0 amide bonds. The Balaban J connectivity index is 2.52. The molecule has 4 nitrogen and oxygen atoms in total. The third kappa shape index (κ3) is 1.46. The van der Waals surface area contributed by atoms with E-state index in [0.29, 0.717) is 10.8 Å². The van der Waals surface area contributed by atoms with Crippen LogP contribution in [0.3, 0.4) is 0 Å². The Bertz CT molecular complexity index is 1180. The standard InChI is InChI=1S/C18H14N2O2/c1-11-12(2)19-17(21)14-8-3-4-9-15(14)18(22)20(19)16-10-6-5-7-13(11)16/h3-10H,1-2H3. The van der Waals surface area contributed by atoms with Gasteiger partial charge in [-0.05, 0) is 37.6 Å². The highest BCUT2D eigenvalue weighted by Crippen LogP contribution is 2.19. The lowest BCUT2D eigenvalue weighted by Gasteiger charge is -2.15. The third-order valence-electron chi connectivity index (χ3n) is 4.37. The van der Waals surface area contributed by atoms with Crippen LogP contribution in [-0.2, 0) is 0 Å². The molecular weight excluding hydrogens is 276 g/mol. The molecule has 0 aliphatic rings. The van der Waals surface area contributed by atoms with Crippen LogP contribution in [0.1, 0.15) is 11.3 Å². The lowest BCUT2D eigenvalue weighted by molar-refractivity contribution is 0.739. The highest BCUT2D eigenvalue weighted by atomic mass is 16.2. The first-order valence-corrected chi connectivity index (χ1v) is 7.16. The third-order valence-corrected chi connectivity index (χ3v) is 4.37. The number of hydrogen-bond acceptors (Lipinski definition) is 2. The minimum absolute atomic E-state index is 0.165. The molecule has 0 spiro atoms. The lowest BCUT2D eigenvalue weighted by Crippen LogP contribution is -2.32. The van der Waals surface area contributed by atoms with Crippen LogP contribution in [0.25, 0.3) is 21.7 Å². The van der Waals surface area contributed by atoms with Gasteiger partial charge in [0.25, 0.3) is 11.1 Å². The summed E-state index contributed by atoms with van der Waals surface area (Å²) < 4.78 is 2.98. The van der Waals surface area contributed by atoms with E-state index in [4.69, 9.17) is 0 Å². The molecule has 0 atom stereocenters. The summed E-state index contributed by atoms with van der Waals surface area (Å²) in [7, 11) is 0. The molecule has 0 unspecified atom stereocenters. The molecule has 0 fully saturated rings. The predicted octanol–water partition coefficient (Wildman–Crippen LogP) is 2.68. The zero-order valence-electron chi connectivity index (χ0n) is 12.3. The SMILES string of the molecule is Cc1c(C)n2c(=O)c3ccccc3c(=O)n2c2ccccc12. The fraction of sp³-hybridized carbons (Fsp3) is 0.111. The van der Waals surface area contributed by atoms with Crippen molar-refractivity contribution in [3.05, 3.63) is 80.5 Å². The average Bonchev–Trinajstić information content (AvgIpc) is 2.56. The van der Waals surface area contributed by atoms with Crippen molar-refractivity contribution in [1.29, 1.82) is 0 Å². The summed E-state index contributed by atoms with van der Waals surface area (Å²) in [5.74, 6) is 0. The van der Waals surface area contributed by atoms with Gasteiger partial charge in [0.15, 0.2) is 0 Å². The van der Waals surface area contributed by atoms with Gasteiger partial charge >= 0.3 is 0 Å². The van der Waals surface area contributed by atoms with E-state index in [9.17, 15) is 9.59 Å². The molecule has 0 radical (unpaired) electrons. The van der Waals surface area contributed by atoms with Crippen molar-refractivity contribution in [2.75, 3.05) is 0 Å². The van der Waals surface area contributed by atoms with Crippen molar-refractivity contribution in [3.8, 4) is 0 Å². The number of nitrogens with zero attached hydrogens (tertiary/aromatic N) is 2. The zero-order chi connectivity index (χ0) is 15.4. The molecule has 2 heterocycles. The summed E-state index contributed by atoms with van der Waals surface area (Å²) in [6.45, 7) is 3.85. The normalized spacial score (nSPS) is 11.5. The molecule has 0 saturated carbocycles. The van der Waals surface area contributed by atoms with E-state index in [0.717, 1.165) is 22.2 Å². The molecule has 0 aliphatic carbocycles. The predicted molar refractivity (Wildman–Crippen MR) is 87.9 cm³/mol. The summed E-state index contributed by atoms with van der Waals surface area (Å²) in [5, 5.41) is 1.89. The van der Waals surface area contributed by atoms with Crippen LogP contribution < -0.4 is 11.1 Å². The van der Waals surface area contributed by atoms with Crippen molar-refractivity contribution >= 4 is 21.7 Å². The van der Waals surface area contributed by atoms with E-state index in [1.165, 1.54) is 9.03 Å². The van der Waals surface area contributed by atoms with E-state index in [2.05, 4.69) is 0 Å². The molecule has 0 saturated heterocycles. The Morgan fingerprint density at radius 2 is 1.18 bits per heavy atom. The first kappa shape index (κ1) is 12.8. The van der Waals surface area contributed by atoms with Crippen LogP contribution in [0.15, 0.2) is 58.1 Å². The maximum Gasteiger partial charge on any atom is 0.278 e. The second-order valence-corrected chi connectivity index (χ2v) is 5.51. The van der Waals surface area contributed by atoms with E-state index in [-0.39, 0.29) is 11.1 Å². The van der Waals surface area contributed by atoms with Gasteiger partial charge in [0.1, 0.15) is 0 Å². The quantitative estimate of drug-likeness (QED) is 0.369. The second kappa shape index (κ2) is 4.31. The van der Waals surface area contributed by atoms with Gasteiger partial charge in [0, 0.05) is 11.1 Å². The fourth-order valence-electron chi connectivity index (χ4n) is 3.11. The van der Waals surface area contributed by atoms with Gasteiger partial charge in [-0.25, -0.2) is 9.03 Å². The topological polar surface area (TPSA) is 43.0 Å². The van der Waals surface area contributed by atoms with Gasteiger partial charge in [-0.15, -0.1) is 0 Å². The molecular formula is C18H14N2O2. The number of hydrogen-bond donors (Lipinski definition) is 0. The van der Waals surface area contributed by atoms with Gasteiger partial charge in [-0.3, -0.25) is 9.59 Å². The Labute approximate surface area is 125 Å². The fourth-order valence-corrected chi connectivity index (χ4v) is 3.11. The van der Waals surface area contributed by atoms with Crippen LogP contribution >= 0.6 is 0 Å². The van der Waals surface area contributed by atoms with Crippen molar-refractivity contribution < 1.29 is 0 Å². The minimum atomic E-state index is -0.172. The van der Waals surface area contributed by atoms with E-state index < -0.39 is 0 Å². The van der Waals surface area contributed by atoms with Crippen molar-refractivity contribution in [3.63, 3.8) is 0 Å². The summed E-state index contributed by atoms with van der Waals surface area (Å²) in [5.41, 5.74) is 2.20. The van der Waals surface area contributed by atoms with Crippen molar-refractivity contribution in [1.82, 2.24) is 9.03 Å². The molecule has 4 rings (SSSR count). The Hall–Kier alpha value is -2.88. The molecule has 4 heteroatoms. The largest absolute Gasteiger partial charge is 0.278 e. The summed E-state index contributed by atoms with van der Waals surface area (Å²) in [4.78, 5) is 25.8. The molecule has 0 N–H and O–H groups in total. The highest BCUT2D eigenvalue weighted by molar-refractivity contribution is 5.85. The molecule has 108 valence electrons. The average molecular weight is 290 g/mol. The summed E-state index contributed by atoms with van der Waals surface area (Å²) in [6.07, 6.45) is 0. The van der Waals surface area contributed by atoms with E-state index >= 15 is 0 Å². The van der Waals surface area contributed by atoms with Crippen LogP contribution in [0, 0.1) is 13.8 Å². The maximum absolute atomic E-state index is 12.9. The van der Waals surface area contributed by atoms with Gasteiger partial charge in [0.05, 0.1) is 16.3 Å². The van der Waals surface area contributed by atoms with Crippen LogP contribution in [0.4, 0.5) is 0 Å². The first-order valence-electron chi connectivity index (χ1n) is 7.16. The summed E-state index contributed by atoms with van der Waals surface area (Å²) in [6, 6.07) is 14.6. The number of benzene rings is 2. The first-order chi connectivity index (χ1) is 10.6. The highest BCUT2D eigenvalue weighted by Gasteiger charge is 2.14. The Kier molecular flexibility index (Phi) is 2.51. The number of aryl methyl sites for hydroxylation is 2. The molecule has 22 heavy (non-hydrogen) atoms. The Morgan fingerprint density at radius 1 is 0.682 bits per heavy atom. The molecule has 0 bridgehead atoms. The molecule has 0 aliphatic heterocycles. The number of rotatable bonds is 0. The maximum atomic E-state index is 12.9. The summed E-state index contributed by atoms with van der Waals surface area (Å²) >= 11 is 0. The van der Waals surface area contributed by atoms with Gasteiger partial charge in [0.2, 0.25) is 0 Å². The van der Waals surface area contributed by atoms with Crippen LogP contribution in [0.5, 0.6) is 0 Å². The smallest absolute Gasteiger partial charge is 0.267 e. The monoisotopic (exact) mass is 290 g/mol. The van der Waals surface area contributed by atoms with Gasteiger partial charge in [-0.1, -0.05) is 30.3 Å². The van der Waals surface area contributed by atoms with E-state index in [1.807, 2.05) is 38.1 Å². The molecule has 2 aromatic heterocycles. The van der Waals surface area contributed by atoms with Crippen LogP contribution in [-0.4, -0.2) is 9.03 Å². The van der Waals surface area contributed by atoms with Crippen molar-refractivity contribution in [2.45, 2.75) is 13.8 Å². The van der Waals surface area contributed by atoms with Crippen molar-refractivity contribution in [2.24, 2.45) is 0 Å².